The first-order valence-corrected chi connectivity index (χ1v) is 5.68. The lowest BCUT2D eigenvalue weighted by Gasteiger charge is -2.28. The van der Waals surface area contributed by atoms with Gasteiger partial charge < -0.3 is 19.3 Å². The molecule has 0 spiro atoms. The number of nitrogens with zero attached hydrogens (tertiary/aromatic N) is 1. The lowest BCUT2D eigenvalue weighted by molar-refractivity contribution is -0.168. The van der Waals surface area contributed by atoms with Gasteiger partial charge in [0.2, 0.25) is 5.88 Å². The summed E-state index contributed by atoms with van der Waals surface area (Å²) in [5.41, 5.74) is 1.42. The Morgan fingerprint density at radius 3 is 2.71 bits per heavy atom. The molecule has 1 saturated heterocycles. The maximum absolute atomic E-state index is 9.47. The lowest BCUT2D eigenvalue weighted by Crippen LogP contribution is -2.28. The molecule has 1 aromatic rings. The van der Waals surface area contributed by atoms with Crippen molar-refractivity contribution in [1.82, 2.24) is 4.98 Å². The van der Waals surface area contributed by atoms with Crippen molar-refractivity contribution in [1.29, 1.82) is 0 Å². The standard InChI is InChI=1S/C12H17NO4/c1-3-12(16-6-7-17-12)10-4-5-13-11(15-2)9(10)8-14/h4-5,14H,3,6-8H2,1-2H3. The fraction of sp³-hybridized carbons (Fsp3) is 0.583. The molecule has 5 nitrogen and oxygen atoms in total. The highest BCUT2D eigenvalue weighted by molar-refractivity contribution is 5.37. The highest BCUT2D eigenvalue weighted by atomic mass is 16.7. The zero-order valence-corrected chi connectivity index (χ0v) is 10.1. The molecule has 0 bridgehead atoms. The van der Waals surface area contributed by atoms with Crippen LogP contribution in [0.1, 0.15) is 24.5 Å². The molecule has 1 N–H and O–H groups in total. The number of aliphatic hydroxyl groups is 1. The van der Waals surface area contributed by atoms with Crippen molar-refractivity contribution in [2.75, 3.05) is 20.3 Å². The number of aliphatic hydroxyl groups excluding tert-OH is 1. The van der Waals surface area contributed by atoms with Gasteiger partial charge in [-0.15, -0.1) is 0 Å². The summed E-state index contributed by atoms with van der Waals surface area (Å²) >= 11 is 0. The second-order valence-electron chi connectivity index (χ2n) is 3.81. The van der Waals surface area contributed by atoms with E-state index in [1.54, 1.807) is 6.20 Å². The topological polar surface area (TPSA) is 60.8 Å². The fourth-order valence-electron chi connectivity index (χ4n) is 2.16. The molecule has 0 aromatic carbocycles. The molecule has 0 saturated carbocycles. The van der Waals surface area contributed by atoms with E-state index in [1.165, 1.54) is 7.11 Å². The van der Waals surface area contributed by atoms with Crippen LogP contribution in [-0.2, 0) is 21.9 Å². The smallest absolute Gasteiger partial charge is 0.219 e. The first kappa shape index (κ1) is 12.3. The van der Waals surface area contributed by atoms with Crippen LogP contribution in [0.5, 0.6) is 5.88 Å². The number of ether oxygens (including phenoxy) is 3. The summed E-state index contributed by atoms with van der Waals surface area (Å²) in [7, 11) is 1.53. The highest BCUT2D eigenvalue weighted by Gasteiger charge is 2.39. The van der Waals surface area contributed by atoms with E-state index in [0.717, 1.165) is 5.56 Å². The maximum atomic E-state index is 9.47. The number of aromatic nitrogens is 1. The van der Waals surface area contributed by atoms with Gasteiger partial charge in [-0.2, -0.15) is 0 Å². The maximum Gasteiger partial charge on any atom is 0.219 e. The van der Waals surface area contributed by atoms with Crippen molar-refractivity contribution < 1.29 is 19.3 Å². The van der Waals surface area contributed by atoms with E-state index in [1.807, 2.05) is 13.0 Å². The predicted octanol–water partition coefficient (Wildman–Crippen LogP) is 1.19. The van der Waals surface area contributed by atoms with Gasteiger partial charge in [0.25, 0.3) is 0 Å². The first-order valence-electron chi connectivity index (χ1n) is 5.68. The van der Waals surface area contributed by atoms with Gasteiger partial charge in [-0.1, -0.05) is 6.92 Å². The molecule has 0 aliphatic carbocycles. The van der Waals surface area contributed by atoms with Crippen molar-refractivity contribution in [2.45, 2.75) is 25.7 Å². The molecule has 0 amide bonds. The molecule has 17 heavy (non-hydrogen) atoms. The second kappa shape index (κ2) is 5.00. The molecule has 1 fully saturated rings. The minimum Gasteiger partial charge on any atom is -0.481 e. The quantitative estimate of drug-likeness (QED) is 0.855. The van der Waals surface area contributed by atoms with Crippen molar-refractivity contribution >= 4 is 0 Å². The lowest BCUT2D eigenvalue weighted by atomic mass is 9.99. The zero-order chi connectivity index (χ0) is 12.3. The van der Waals surface area contributed by atoms with E-state index in [0.29, 0.717) is 31.1 Å². The fourth-order valence-corrected chi connectivity index (χ4v) is 2.16. The van der Waals surface area contributed by atoms with Crippen molar-refractivity contribution in [3.8, 4) is 5.88 Å². The van der Waals surface area contributed by atoms with Gasteiger partial charge >= 0.3 is 0 Å². The summed E-state index contributed by atoms with van der Waals surface area (Å²) < 4.78 is 16.5. The Hall–Kier alpha value is -1.17. The second-order valence-corrected chi connectivity index (χ2v) is 3.81. The molecule has 2 heterocycles. The largest absolute Gasteiger partial charge is 0.481 e. The predicted molar refractivity (Wildman–Crippen MR) is 60.6 cm³/mol. The minimum atomic E-state index is -0.770. The van der Waals surface area contributed by atoms with E-state index in [-0.39, 0.29) is 6.61 Å². The van der Waals surface area contributed by atoms with Gasteiger partial charge in [0.15, 0.2) is 5.79 Å². The van der Waals surface area contributed by atoms with E-state index in [2.05, 4.69) is 4.98 Å². The third kappa shape index (κ3) is 2.01. The summed E-state index contributed by atoms with van der Waals surface area (Å²) in [6.45, 7) is 2.95. The Morgan fingerprint density at radius 2 is 2.18 bits per heavy atom. The van der Waals surface area contributed by atoms with Crippen molar-refractivity contribution in [3.63, 3.8) is 0 Å². The number of rotatable bonds is 4. The average Bonchev–Trinajstić information content (AvgIpc) is 2.87. The van der Waals surface area contributed by atoms with E-state index in [9.17, 15) is 5.11 Å². The van der Waals surface area contributed by atoms with Gasteiger partial charge in [0.05, 0.1) is 26.9 Å². The number of pyridine rings is 1. The Balaban J connectivity index is 2.49. The third-order valence-electron chi connectivity index (χ3n) is 3.00. The van der Waals surface area contributed by atoms with Crippen LogP contribution >= 0.6 is 0 Å². The number of hydrogen-bond donors (Lipinski definition) is 1. The molecular weight excluding hydrogens is 222 g/mol. The third-order valence-corrected chi connectivity index (χ3v) is 3.00. The summed E-state index contributed by atoms with van der Waals surface area (Å²) in [5.74, 6) is -0.356. The summed E-state index contributed by atoms with van der Waals surface area (Å²) in [6.07, 6.45) is 2.31. The van der Waals surface area contributed by atoms with Crippen LogP contribution in [0, 0.1) is 0 Å². The van der Waals surface area contributed by atoms with Crippen LogP contribution < -0.4 is 4.74 Å². The molecule has 5 heteroatoms. The molecule has 2 rings (SSSR count). The van der Waals surface area contributed by atoms with E-state index < -0.39 is 5.79 Å². The minimum absolute atomic E-state index is 0.152. The van der Waals surface area contributed by atoms with Crippen LogP contribution in [0.4, 0.5) is 0 Å². The van der Waals surface area contributed by atoms with E-state index in [4.69, 9.17) is 14.2 Å². The summed E-state index contributed by atoms with van der Waals surface area (Å²) in [5, 5.41) is 9.47. The Morgan fingerprint density at radius 1 is 1.47 bits per heavy atom. The van der Waals surface area contributed by atoms with Crippen LogP contribution in [-0.4, -0.2) is 30.4 Å². The Bertz CT molecular complexity index is 388. The van der Waals surface area contributed by atoms with Crippen LogP contribution in [0.25, 0.3) is 0 Å². The molecule has 1 aliphatic rings. The van der Waals surface area contributed by atoms with Crippen LogP contribution in [0.2, 0.25) is 0 Å². The van der Waals surface area contributed by atoms with Crippen LogP contribution in [0.3, 0.4) is 0 Å². The van der Waals surface area contributed by atoms with Gasteiger partial charge in [-0.25, -0.2) is 4.98 Å². The molecular formula is C12H17NO4. The van der Waals surface area contributed by atoms with Gasteiger partial charge in [0, 0.05) is 23.7 Å². The zero-order valence-electron chi connectivity index (χ0n) is 10.1. The highest BCUT2D eigenvalue weighted by Crippen LogP contribution is 2.38. The number of methoxy groups -OCH3 is 1. The molecule has 1 aromatic heterocycles. The first-order chi connectivity index (χ1) is 8.27. The summed E-state index contributed by atoms with van der Waals surface area (Å²) in [6, 6.07) is 1.81. The van der Waals surface area contributed by atoms with E-state index >= 15 is 0 Å². The average molecular weight is 239 g/mol. The molecule has 94 valence electrons. The van der Waals surface area contributed by atoms with Crippen molar-refractivity contribution in [3.05, 3.63) is 23.4 Å². The molecule has 1 aliphatic heterocycles. The molecule has 0 radical (unpaired) electrons. The summed E-state index contributed by atoms with van der Waals surface area (Å²) in [4.78, 5) is 4.07. The van der Waals surface area contributed by atoms with Crippen molar-refractivity contribution in [2.24, 2.45) is 0 Å². The Kier molecular flexibility index (Phi) is 3.61. The van der Waals surface area contributed by atoms with Gasteiger partial charge in [0.1, 0.15) is 0 Å². The monoisotopic (exact) mass is 239 g/mol. The number of hydrogen-bond acceptors (Lipinski definition) is 5. The molecule has 0 atom stereocenters. The van der Waals surface area contributed by atoms with Crippen LogP contribution in [0.15, 0.2) is 12.3 Å². The van der Waals surface area contributed by atoms with Gasteiger partial charge in [-0.05, 0) is 6.07 Å². The molecule has 0 unspecified atom stereocenters. The SMILES string of the molecule is CCC1(c2ccnc(OC)c2CO)OCCO1. The normalized spacial score (nSPS) is 18.3. The van der Waals surface area contributed by atoms with Gasteiger partial charge in [-0.3, -0.25) is 0 Å². The Labute approximate surface area is 100 Å².